The van der Waals surface area contributed by atoms with Crippen LogP contribution in [0.4, 0.5) is 5.69 Å². The molecule has 0 aromatic heterocycles. The second-order valence-electron chi connectivity index (χ2n) is 8.17. The highest BCUT2D eigenvalue weighted by atomic mass is 16.5. The lowest BCUT2D eigenvalue weighted by Crippen LogP contribution is -2.48. The summed E-state index contributed by atoms with van der Waals surface area (Å²) in [6.45, 7) is 6.11. The number of ether oxygens (including phenoxy) is 2. The third kappa shape index (κ3) is 4.43. The first-order valence-corrected chi connectivity index (χ1v) is 10.7. The zero-order valence-corrected chi connectivity index (χ0v) is 18.2. The highest BCUT2D eigenvalue weighted by molar-refractivity contribution is 5.99. The van der Waals surface area contributed by atoms with E-state index in [0.29, 0.717) is 37.4 Å². The number of nitrogens with one attached hydrogen (secondary N) is 1. The van der Waals surface area contributed by atoms with Gasteiger partial charge >= 0.3 is 0 Å². The molecule has 164 valence electrons. The third-order valence-electron chi connectivity index (χ3n) is 5.74. The Morgan fingerprint density at radius 2 is 1.77 bits per heavy atom. The van der Waals surface area contributed by atoms with Gasteiger partial charge in [-0.2, -0.15) is 0 Å². The summed E-state index contributed by atoms with van der Waals surface area (Å²) in [7, 11) is 1.63. The molecule has 7 nitrogen and oxygen atoms in total. The van der Waals surface area contributed by atoms with E-state index in [9.17, 15) is 9.59 Å². The summed E-state index contributed by atoms with van der Waals surface area (Å²) in [6.07, 6.45) is -0.209. The van der Waals surface area contributed by atoms with E-state index in [1.165, 1.54) is 0 Å². The van der Waals surface area contributed by atoms with Crippen molar-refractivity contribution in [2.75, 3.05) is 38.7 Å². The Bertz CT molecular complexity index is 936. The summed E-state index contributed by atoms with van der Waals surface area (Å²) >= 11 is 0. The Balaban J connectivity index is 1.50. The van der Waals surface area contributed by atoms with Gasteiger partial charge in [0.05, 0.1) is 18.8 Å². The van der Waals surface area contributed by atoms with E-state index < -0.39 is 0 Å². The number of morpholine rings is 1. The highest BCUT2D eigenvalue weighted by Crippen LogP contribution is 2.34. The first-order chi connectivity index (χ1) is 15.0. The van der Waals surface area contributed by atoms with E-state index in [1.807, 2.05) is 67.3 Å². The second-order valence-corrected chi connectivity index (χ2v) is 8.17. The lowest BCUT2D eigenvalue weighted by molar-refractivity contribution is -0.0586. The molecule has 2 heterocycles. The molecule has 1 saturated heterocycles. The van der Waals surface area contributed by atoms with E-state index >= 15 is 0 Å². The molecule has 0 saturated carbocycles. The number of benzene rings is 2. The topological polar surface area (TPSA) is 71.1 Å². The van der Waals surface area contributed by atoms with Gasteiger partial charge in [-0.25, -0.2) is 0 Å². The maximum atomic E-state index is 12.9. The van der Waals surface area contributed by atoms with E-state index in [-0.39, 0.29) is 30.2 Å². The van der Waals surface area contributed by atoms with Gasteiger partial charge in [-0.15, -0.1) is 0 Å². The Morgan fingerprint density at radius 3 is 2.45 bits per heavy atom. The molecule has 3 atom stereocenters. The molecule has 0 spiro atoms. The van der Waals surface area contributed by atoms with Crippen LogP contribution in [0.3, 0.4) is 0 Å². The minimum absolute atomic E-state index is 0.00694. The van der Waals surface area contributed by atoms with E-state index in [1.54, 1.807) is 12.0 Å². The zero-order valence-electron chi connectivity index (χ0n) is 18.2. The average molecular weight is 424 g/mol. The van der Waals surface area contributed by atoms with E-state index in [2.05, 4.69) is 5.32 Å². The molecule has 0 bridgehead atoms. The SMILES string of the molecule is COCCN1C(=O)c2ccccc2[C@H]1Nc1ccc(C(=O)N2C[C@@H](C)O[C@@H](C)C2)cc1. The Labute approximate surface area is 182 Å². The number of amides is 2. The van der Waals surface area contributed by atoms with E-state index in [0.717, 1.165) is 11.3 Å². The number of nitrogens with zero attached hydrogens (tertiary/aromatic N) is 2. The van der Waals surface area contributed by atoms with Crippen LogP contribution in [0.5, 0.6) is 0 Å². The van der Waals surface area contributed by atoms with Gasteiger partial charge in [-0.05, 0) is 44.2 Å². The summed E-state index contributed by atoms with van der Waals surface area (Å²) in [4.78, 5) is 29.4. The van der Waals surface area contributed by atoms with E-state index in [4.69, 9.17) is 9.47 Å². The van der Waals surface area contributed by atoms with Crippen LogP contribution in [0.15, 0.2) is 48.5 Å². The molecule has 1 fully saturated rings. The zero-order chi connectivity index (χ0) is 22.0. The van der Waals surface area contributed by atoms with Crippen LogP contribution in [0.1, 0.15) is 46.3 Å². The standard InChI is InChI=1S/C24H29N3O4/c1-16-14-26(15-17(2)31-16)23(28)18-8-10-19(11-9-18)25-22-20-6-4-5-7-21(20)24(29)27(22)12-13-30-3/h4-11,16-17,22,25H,12-15H2,1-3H3/t16-,17+,22-/m0/s1. The number of methoxy groups -OCH3 is 1. The van der Waals surface area contributed by atoms with Crippen LogP contribution in [0, 0.1) is 0 Å². The molecule has 2 aromatic carbocycles. The molecule has 7 heteroatoms. The molecule has 31 heavy (non-hydrogen) atoms. The number of anilines is 1. The summed E-state index contributed by atoms with van der Waals surface area (Å²) in [6, 6.07) is 15.1. The lowest BCUT2D eigenvalue weighted by atomic mass is 10.1. The fraction of sp³-hybridized carbons (Fsp3) is 0.417. The normalized spacial score (nSPS) is 23.1. The molecular weight excluding hydrogens is 394 g/mol. The summed E-state index contributed by atoms with van der Waals surface area (Å²) < 4.78 is 10.9. The Morgan fingerprint density at radius 1 is 1.10 bits per heavy atom. The van der Waals surface area contributed by atoms with Crippen molar-refractivity contribution in [2.45, 2.75) is 32.2 Å². The molecule has 2 aliphatic rings. The molecule has 2 aromatic rings. The first kappa shape index (κ1) is 21.3. The number of carbonyl (C=O) groups excluding carboxylic acids is 2. The van der Waals surface area contributed by atoms with Crippen LogP contribution in [-0.2, 0) is 9.47 Å². The number of rotatable bonds is 6. The monoisotopic (exact) mass is 423 g/mol. The number of hydrogen-bond acceptors (Lipinski definition) is 5. The number of fused-ring (bicyclic) bond motifs is 1. The third-order valence-corrected chi connectivity index (χ3v) is 5.74. The van der Waals surface area contributed by atoms with Crippen molar-refractivity contribution in [1.29, 1.82) is 0 Å². The molecule has 2 amide bonds. The molecule has 2 aliphatic heterocycles. The molecular formula is C24H29N3O4. The Hall–Kier alpha value is -2.90. The van der Waals surface area contributed by atoms with Gasteiger partial charge in [0.1, 0.15) is 6.17 Å². The second kappa shape index (κ2) is 9.08. The highest BCUT2D eigenvalue weighted by Gasteiger charge is 2.36. The smallest absolute Gasteiger partial charge is 0.256 e. The quantitative estimate of drug-likeness (QED) is 0.773. The van der Waals surface area contributed by atoms with Gasteiger partial charge in [-0.1, -0.05) is 18.2 Å². The molecule has 0 radical (unpaired) electrons. The van der Waals surface area contributed by atoms with Crippen LogP contribution in [-0.4, -0.2) is 67.2 Å². The lowest BCUT2D eigenvalue weighted by Gasteiger charge is -2.35. The number of carbonyl (C=O) groups is 2. The summed E-state index contributed by atoms with van der Waals surface area (Å²) in [5, 5.41) is 3.45. The van der Waals surface area contributed by atoms with Crippen molar-refractivity contribution >= 4 is 17.5 Å². The number of hydrogen-bond donors (Lipinski definition) is 1. The maximum Gasteiger partial charge on any atom is 0.256 e. The molecule has 0 aliphatic carbocycles. The van der Waals surface area contributed by atoms with Gasteiger partial charge in [0.15, 0.2) is 0 Å². The van der Waals surface area contributed by atoms with Gasteiger partial charge in [0, 0.05) is 49.1 Å². The maximum absolute atomic E-state index is 12.9. The van der Waals surface area contributed by atoms with Crippen LogP contribution in [0.2, 0.25) is 0 Å². The van der Waals surface area contributed by atoms with Crippen molar-refractivity contribution < 1.29 is 19.1 Å². The fourth-order valence-electron chi connectivity index (χ4n) is 4.34. The van der Waals surface area contributed by atoms with Crippen molar-refractivity contribution in [1.82, 2.24) is 9.80 Å². The minimum atomic E-state index is -0.277. The van der Waals surface area contributed by atoms with Crippen LogP contribution >= 0.6 is 0 Å². The molecule has 1 N–H and O–H groups in total. The molecule has 0 unspecified atom stereocenters. The predicted molar refractivity (Wildman–Crippen MR) is 118 cm³/mol. The van der Waals surface area contributed by atoms with Crippen molar-refractivity contribution in [3.05, 3.63) is 65.2 Å². The predicted octanol–water partition coefficient (Wildman–Crippen LogP) is 3.15. The van der Waals surface area contributed by atoms with Crippen molar-refractivity contribution in [3.8, 4) is 0 Å². The van der Waals surface area contributed by atoms with Gasteiger partial charge < -0.3 is 24.6 Å². The first-order valence-electron chi connectivity index (χ1n) is 10.7. The summed E-state index contributed by atoms with van der Waals surface area (Å²) in [5.41, 5.74) is 3.14. The van der Waals surface area contributed by atoms with Crippen LogP contribution in [0.25, 0.3) is 0 Å². The fourth-order valence-corrected chi connectivity index (χ4v) is 4.34. The molecule has 4 rings (SSSR count). The van der Waals surface area contributed by atoms with Gasteiger partial charge in [0.25, 0.3) is 11.8 Å². The largest absolute Gasteiger partial charge is 0.383 e. The Kier molecular flexibility index (Phi) is 6.25. The van der Waals surface area contributed by atoms with Crippen molar-refractivity contribution in [3.63, 3.8) is 0 Å². The average Bonchev–Trinajstić information content (AvgIpc) is 3.03. The van der Waals surface area contributed by atoms with Gasteiger partial charge in [-0.3, -0.25) is 9.59 Å². The summed E-state index contributed by atoms with van der Waals surface area (Å²) in [5.74, 6) is 0.00386. The minimum Gasteiger partial charge on any atom is -0.383 e. The van der Waals surface area contributed by atoms with Crippen LogP contribution < -0.4 is 5.32 Å². The van der Waals surface area contributed by atoms with Crippen molar-refractivity contribution in [2.24, 2.45) is 0 Å². The van der Waals surface area contributed by atoms with Gasteiger partial charge in [0.2, 0.25) is 0 Å².